The number of carbonyl (C=O) groups excluding carboxylic acids is 1. The zero-order valence-corrected chi connectivity index (χ0v) is 12.9. The Hall–Kier alpha value is -1.55. The van der Waals surface area contributed by atoms with Gasteiger partial charge in [0.15, 0.2) is 0 Å². The summed E-state index contributed by atoms with van der Waals surface area (Å²) in [4.78, 5) is 15.1. The van der Waals surface area contributed by atoms with Crippen LogP contribution in [0.2, 0.25) is 0 Å². The van der Waals surface area contributed by atoms with Crippen LogP contribution in [-0.4, -0.2) is 42.0 Å². The molecule has 1 aromatic carbocycles. The van der Waals surface area contributed by atoms with Crippen molar-refractivity contribution in [2.75, 3.05) is 18.4 Å². The minimum atomic E-state index is 0.0532. The normalized spacial score (nSPS) is 25.1. The average molecular weight is 287 g/mol. The van der Waals surface area contributed by atoms with Crippen molar-refractivity contribution >= 4 is 11.6 Å². The van der Waals surface area contributed by atoms with Gasteiger partial charge in [-0.25, -0.2) is 0 Å². The minimum absolute atomic E-state index is 0.0532. The fourth-order valence-electron chi connectivity index (χ4n) is 3.61. The first kappa shape index (κ1) is 14.4. The zero-order chi connectivity index (χ0) is 14.8. The molecular weight excluding hydrogens is 262 g/mol. The van der Waals surface area contributed by atoms with Crippen molar-refractivity contribution in [2.45, 2.75) is 51.2 Å². The minimum Gasteiger partial charge on any atom is -0.382 e. The van der Waals surface area contributed by atoms with Crippen LogP contribution in [0.5, 0.6) is 0 Å². The largest absolute Gasteiger partial charge is 0.382 e. The first-order valence-corrected chi connectivity index (χ1v) is 8.05. The molecule has 4 nitrogen and oxygen atoms in total. The standard InChI is InChI=1S/C17H25N3O/c1-12(2)18-14-7-4-3-6-13(14)17(21)19-15-9-11-20-10-5-8-16(15)20/h3-4,6-7,12,15-16,18H,5,8-11H2,1-2H3,(H,19,21). The Bertz CT molecular complexity index is 515. The van der Waals surface area contributed by atoms with Crippen molar-refractivity contribution in [1.82, 2.24) is 10.2 Å². The summed E-state index contributed by atoms with van der Waals surface area (Å²) in [5, 5.41) is 6.61. The summed E-state index contributed by atoms with van der Waals surface area (Å²) < 4.78 is 0. The van der Waals surface area contributed by atoms with Gasteiger partial charge in [0.05, 0.1) is 5.56 Å². The van der Waals surface area contributed by atoms with Crippen molar-refractivity contribution in [3.63, 3.8) is 0 Å². The van der Waals surface area contributed by atoms with E-state index in [1.807, 2.05) is 24.3 Å². The van der Waals surface area contributed by atoms with Crippen molar-refractivity contribution in [3.8, 4) is 0 Å². The van der Waals surface area contributed by atoms with Gasteiger partial charge in [0, 0.05) is 30.4 Å². The second-order valence-electron chi connectivity index (χ2n) is 6.46. The van der Waals surface area contributed by atoms with Gasteiger partial charge in [-0.2, -0.15) is 0 Å². The van der Waals surface area contributed by atoms with Crippen molar-refractivity contribution in [1.29, 1.82) is 0 Å². The third-order valence-electron chi connectivity index (χ3n) is 4.54. The maximum absolute atomic E-state index is 12.6. The number of para-hydroxylation sites is 1. The molecule has 0 bridgehead atoms. The van der Waals surface area contributed by atoms with Crippen molar-refractivity contribution in [3.05, 3.63) is 29.8 Å². The van der Waals surface area contributed by atoms with Gasteiger partial charge >= 0.3 is 0 Å². The molecule has 21 heavy (non-hydrogen) atoms. The quantitative estimate of drug-likeness (QED) is 0.894. The van der Waals surface area contributed by atoms with Crippen LogP contribution in [0.1, 0.15) is 43.5 Å². The summed E-state index contributed by atoms with van der Waals surface area (Å²) in [6.45, 7) is 6.49. The van der Waals surface area contributed by atoms with E-state index in [-0.39, 0.29) is 5.91 Å². The van der Waals surface area contributed by atoms with Crippen molar-refractivity contribution in [2.24, 2.45) is 0 Å². The molecule has 2 aliphatic heterocycles. The number of rotatable bonds is 4. The molecule has 1 aromatic rings. The highest BCUT2D eigenvalue weighted by atomic mass is 16.1. The Kier molecular flexibility index (Phi) is 4.15. The molecule has 0 radical (unpaired) electrons. The van der Waals surface area contributed by atoms with Crippen LogP contribution in [-0.2, 0) is 0 Å². The molecule has 0 aliphatic carbocycles. The average Bonchev–Trinajstić information content (AvgIpc) is 3.03. The van der Waals surface area contributed by atoms with Crippen LogP contribution < -0.4 is 10.6 Å². The van der Waals surface area contributed by atoms with Gasteiger partial charge in [0.2, 0.25) is 0 Å². The molecule has 0 spiro atoms. The van der Waals surface area contributed by atoms with Crippen LogP contribution in [0, 0.1) is 0 Å². The summed E-state index contributed by atoms with van der Waals surface area (Å²) >= 11 is 0. The Morgan fingerprint density at radius 2 is 2.05 bits per heavy atom. The first-order valence-electron chi connectivity index (χ1n) is 8.05. The molecular formula is C17H25N3O. The van der Waals surface area contributed by atoms with E-state index in [4.69, 9.17) is 0 Å². The SMILES string of the molecule is CC(C)Nc1ccccc1C(=O)NC1CCN2CCCC12. The lowest BCUT2D eigenvalue weighted by Gasteiger charge is -2.22. The van der Waals surface area contributed by atoms with E-state index in [1.165, 1.54) is 19.4 Å². The molecule has 114 valence electrons. The summed E-state index contributed by atoms with van der Waals surface area (Å²) in [5.74, 6) is 0.0532. The lowest BCUT2D eigenvalue weighted by Crippen LogP contribution is -2.42. The third-order valence-corrected chi connectivity index (χ3v) is 4.54. The van der Waals surface area contributed by atoms with Gasteiger partial charge in [-0.3, -0.25) is 9.69 Å². The molecule has 3 rings (SSSR count). The molecule has 2 aliphatic rings. The number of hydrogen-bond acceptors (Lipinski definition) is 3. The van der Waals surface area contributed by atoms with E-state index in [2.05, 4.69) is 29.4 Å². The van der Waals surface area contributed by atoms with Gasteiger partial charge in [0.1, 0.15) is 0 Å². The van der Waals surface area contributed by atoms with E-state index in [0.717, 1.165) is 24.2 Å². The van der Waals surface area contributed by atoms with E-state index < -0.39 is 0 Å². The molecule has 2 unspecified atom stereocenters. The highest BCUT2D eigenvalue weighted by Gasteiger charge is 2.37. The van der Waals surface area contributed by atoms with Gasteiger partial charge in [-0.05, 0) is 51.8 Å². The van der Waals surface area contributed by atoms with Crippen LogP contribution in [0.3, 0.4) is 0 Å². The Morgan fingerprint density at radius 3 is 2.86 bits per heavy atom. The maximum atomic E-state index is 12.6. The molecule has 2 atom stereocenters. The maximum Gasteiger partial charge on any atom is 0.253 e. The monoisotopic (exact) mass is 287 g/mol. The topological polar surface area (TPSA) is 44.4 Å². The van der Waals surface area contributed by atoms with Crippen LogP contribution in [0.15, 0.2) is 24.3 Å². The van der Waals surface area contributed by atoms with E-state index >= 15 is 0 Å². The summed E-state index contributed by atoms with van der Waals surface area (Å²) in [6.07, 6.45) is 3.57. The third kappa shape index (κ3) is 3.05. The smallest absolute Gasteiger partial charge is 0.253 e. The van der Waals surface area contributed by atoms with Crippen LogP contribution in [0.4, 0.5) is 5.69 Å². The van der Waals surface area contributed by atoms with Crippen molar-refractivity contribution < 1.29 is 4.79 Å². The first-order chi connectivity index (χ1) is 10.1. The summed E-state index contributed by atoms with van der Waals surface area (Å²) in [6, 6.07) is 8.96. The van der Waals surface area contributed by atoms with Gasteiger partial charge in [-0.15, -0.1) is 0 Å². The molecule has 0 saturated carbocycles. The number of amides is 1. The van der Waals surface area contributed by atoms with Crippen LogP contribution >= 0.6 is 0 Å². The number of fused-ring (bicyclic) bond motifs is 1. The lowest BCUT2D eigenvalue weighted by atomic mass is 10.1. The lowest BCUT2D eigenvalue weighted by molar-refractivity contribution is 0.0930. The highest BCUT2D eigenvalue weighted by molar-refractivity contribution is 5.99. The number of hydrogen-bond donors (Lipinski definition) is 2. The number of anilines is 1. The number of nitrogens with one attached hydrogen (secondary N) is 2. The van der Waals surface area contributed by atoms with Crippen LogP contribution in [0.25, 0.3) is 0 Å². The van der Waals surface area contributed by atoms with E-state index in [0.29, 0.717) is 18.1 Å². The van der Waals surface area contributed by atoms with Gasteiger partial charge in [0.25, 0.3) is 5.91 Å². The highest BCUT2D eigenvalue weighted by Crippen LogP contribution is 2.28. The second-order valence-corrected chi connectivity index (χ2v) is 6.46. The Labute approximate surface area is 126 Å². The summed E-state index contributed by atoms with van der Waals surface area (Å²) in [7, 11) is 0. The Balaban J connectivity index is 1.71. The molecule has 1 amide bonds. The number of carbonyl (C=O) groups is 1. The summed E-state index contributed by atoms with van der Waals surface area (Å²) in [5.41, 5.74) is 1.67. The van der Waals surface area contributed by atoms with Gasteiger partial charge < -0.3 is 10.6 Å². The molecule has 4 heteroatoms. The zero-order valence-electron chi connectivity index (χ0n) is 12.9. The molecule has 0 aromatic heterocycles. The molecule has 2 N–H and O–H groups in total. The fraction of sp³-hybridized carbons (Fsp3) is 0.588. The van der Waals surface area contributed by atoms with Gasteiger partial charge in [-0.1, -0.05) is 12.1 Å². The van der Waals surface area contributed by atoms with E-state index in [9.17, 15) is 4.79 Å². The Morgan fingerprint density at radius 1 is 1.24 bits per heavy atom. The predicted octanol–water partition coefficient (Wildman–Crippen LogP) is 2.47. The number of nitrogens with zero attached hydrogens (tertiary/aromatic N) is 1. The molecule has 2 saturated heterocycles. The predicted molar refractivity (Wildman–Crippen MR) is 85.7 cm³/mol. The second kappa shape index (κ2) is 6.06. The molecule has 2 heterocycles. The number of benzene rings is 1. The molecule has 2 fully saturated rings. The fourth-order valence-corrected chi connectivity index (χ4v) is 3.61. The van der Waals surface area contributed by atoms with E-state index in [1.54, 1.807) is 0 Å².